The number of halogens is 1. The van der Waals surface area contributed by atoms with Crippen LogP contribution in [0, 0.1) is 0 Å². The number of hydrogen-bond acceptors (Lipinski definition) is 3. The van der Waals surface area contributed by atoms with Gasteiger partial charge >= 0.3 is 0 Å². The molecule has 16 heavy (non-hydrogen) atoms. The van der Waals surface area contributed by atoms with Crippen molar-refractivity contribution in [3.05, 3.63) is 29.0 Å². The van der Waals surface area contributed by atoms with E-state index in [1.807, 2.05) is 18.2 Å². The topological polar surface area (TPSA) is 35.0 Å². The molecule has 1 aliphatic carbocycles. The van der Waals surface area contributed by atoms with Crippen LogP contribution < -0.4 is 4.74 Å². The van der Waals surface area contributed by atoms with Gasteiger partial charge in [-0.2, -0.15) is 0 Å². The van der Waals surface area contributed by atoms with Crippen LogP contribution in [0.5, 0.6) is 5.75 Å². The molecule has 0 spiro atoms. The predicted molar refractivity (Wildman–Crippen MR) is 63.1 cm³/mol. The fourth-order valence-corrected chi connectivity index (χ4v) is 2.06. The standard InChI is InChI=1S/C12H11ClN2O/c1-16-8-4-5-9-10(6-8)15-12(13)11(14-9)7-2-3-7/h4-7H,2-3H2,1H3. The second-order valence-electron chi connectivity index (χ2n) is 4.03. The first-order valence-corrected chi connectivity index (χ1v) is 5.67. The summed E-state index contributed by atoms with van der Waals surface area (Å²) in [6.07, 6.45) is 2.35. The van der Waals surface area contributed by atoms with Gasteiger partial charge in [0.05, 0.1) is 23.8 Å². The minimum atomic E-state index is 0.520. The Bertz CT molecular complexity index is 552. The van der Waals surface area contributed by atoms with Gasteiger partial charge in [0.2, 0.25) is 0 Å². The Balaban J connectivity index is 2.18. The van der Waals surface area contributed by atoms with E-state index >= 15 is 0 Å². The zero-order valence-electron chi connectivity index (χ0n) is 8.90. The lowest BCUT2D eigenvalue weighted by molar-refractivity contribution is 0.415. The van der Waals surface area contributed by atoms with Gasteiger partial charge in [-0.05, 0) is 25.0 Å². The highest BCUT2D eigenvalue weighted by Gasteiger charge is 2.28. The number of rotatable bonds is 2. The molecule has 0 N–H and O–H groups in total. The zero-order valence-corrected chi connectivity index (χ0v) is 9.66. The van der Waals surface area contributed by atoms with E-state index in [1.165, 1.54) is 12.8 Å². The molecule has 0 aliphatic heterocycles. The first-order chi connectivity index (χ1) is 7.78. The first-order valence-electron chi connectivity index (χ1n) is 5.29. The number of benzene rings is 1. The lowest BCUT2D eigenvalue weighted by Crippen LogP contribution is -1.94. The minimum Gasteiger partial charge on any atom is -0.497 e. The van der Waals surface area contributed by atoms with Crippen molar-refractivity contribution in [1.29, 1.82) is 0 Å². The molecule has 0 atom stereocenters. The summed E-state index contributed by atoms with van der Waals surface area (Å²) >= 11 is 6.12. The van der Waals surface area contributed by atoms with E-state index in [2.05, 4.69) is 9.97 Å². The highest BCUT2D eigenvalue weighted by atomic mass is 35.5. The summed E-state index contributed by atoms with van der Waals surface area (Å²) in [5.41, 5.74) is 2.61. The van der Waals surface area contributed by atoms with Gasteiger partial charge in [0.1, 0.15) is 5.75 Å². The van der Waals surface area contributed by atoms with Gasteiger partial charge < -0.3 is 4.74 Å². The fourth-order valence-electron chi connectivity index (χ4n) is 1.77. The van der Waals surface area contributed by atoms with E-state index in [4.69, 9.17) is 16.3 Å². The molecular formula is C12H11ClN2O. The van der Waals surface area contributed by atoms with Gasteiger partial charge in [-0.1, -0.05) is 11.6 Å². The lowest BCUT2D eigenvalue weighted by Gasteiger charge is -2.05. The largest absolute Gasteiger partial charge is 0.497 e. The molecule has 1 saturated carbocycles. The molecule has 0 saturated heterocycles. The van der Waals surface area contributed by atoms with Gasteiger partial charge in [-0.15, -0.1) is 0 Å². The molecule has 2 aromatic rings. The van der Waals surface area contributed by atoms with Crippen molar-refractivity contribution in [2.24, 2.45) is 0 Å². The van der Waals surface area contributed by atoms with E-state index in [0.29, 0.717) is 11.1 Å². The smallest absolute Gasteiger partial charge is 0.151 e. The molecule has 0 unspecified atom stereocenters. The molecule has 1 aromatic heterocycles. The van der Waals surface area contributed by atoms with E-state index in [9.17, 15) is 0 Å². The number of ether oxygens (including phenoxy) is 1. The highest BCUT2D eigenvalue weighted by Crippen LogP contribution is 2.42. The van der Waals surface area contributed by atoms with Crippen LogP contribution in [-0.4, -0.2) is 17.1 Å². The van der Waals surface area contributed by atoms with E-state index in [-0.39, 0.29) is 0 Å². The van der Waals surface area contributed by atoms with Gasteiger partial charge in [0, 0.05) is 12.0 Å². The molecule has 0 radical (unpaired) electrons. The monoisotopic (exact) mass is 234 g/mol. The Morgan fingerprint density at radius 1 is 1.25 bits per heavy atom. The summed E-state index contributed by atoms with van der Waals surface area (Å²) in [5, 5.41) is 0.531. The number of hydrogen-bond donors (Lipinski definition) is 0. The molecule has 82 valence electrons. The van der Waals surface area contributed by atoms with E-state index < -0.39 is 0 Å². The summed E-state index contributed by atoms with van der Waals surface area (Å²) in [4.78, 5) is 8.93. The Hall–Kier alpha value is -1.35. The maximum Gasteiger partial charge on any atom is 0.151 e. The van der Waals surface area contributed by atoms with Crippen molar-refractivity contribution >= 4 is 22.6 Å². The molecule has 3 rings (SSSR count). The van der Waals surface area contributed by atoms with Crippen molar-refractivity contribution in [3.63, 3.8) is 0 Å². The molecule has 0 bridgehead atoms. The van der Waals surface area contributed by atoms with E-state index in [0.717, 1.165) is 22.5 Å². The van der Waals surface area contributed by atoms with Crippen LogP contribution >= 0.6 is 11.6 Å². The third kappa shape index (κ3) is 1.61. The summed E-state index contributed by atoms with van der Waals surface area (Å²) in [6, 6.07) is 5.66. The fraction of sp³-hybridized carbons (Fsp3) is 0.333. The molecule has 4 heteroatoms. The Kier molecular flexibility index (Phi) is 2.21. The Morgan fingerprint density at radius 2 is 2.06 bits per heavy atom. The number of fused-ring (bicyclic) bond motifs is 1. The third-order valence-electron chi connectivity index (χ3n) is 2.82. The highest BCUT2D eigenvalue weighted by molar-refractivity contribution is 6.30. The predicted octanol–water partition coefficient (Wildman–Crippen LogP) is 3.17. The molecule has 1 heterocycles. The van der Waals surface area contributed by atoms with Crippen LogP contribution in [0.3, 0.4) is 0 Å². The van der Waals surface area contributed by atoms with Crippen molar-refractivity contribution < 1.29 is 4.74 Å². The number of methoxy groups -OCH3 is 1. The van der Waals surface area contributed by atoms with Crippen molar-refractivity contribution in [1.82, 2.24) is 9.97 Å². The van der Waals surface area contributed by atoms with Gasteiger partial charge in [-0.3, -0.25) is 0 Å². The molecule has 0 amide bonds. The van der Waals surface area contributed by atoms with Crippen LogP contribution in [-0.2, 0) is 0 Å². The van der Waals surface area contributed by atoms with Gasteiger partial charge in [0.15, 0.2) is 5.15 Å². The summed E-state index contributed by atoms with van der Waals surface area (Å²) in [7, 11) is 1.63. The quantitative estimate of drug-likeness (QED) is 0.801. The first kappa shape index (κ1) is 9.85. The average Bonchev–Trinajstić information content (AvgIpc) is 3.11. The second-order valence-corrected chi connectivity index (χ2v) is 4.39. The summed E-state index contributed by atoms with van der Waals surface area (Å²) in [6.45, 7) is 0. The number of nitrogens with zero attached hydrogens (tertiary/aromatic N) is 2. The zero-order chi connectivity index (χ0) is 11.1. The summed E-state index contributed by atoms with van der Waals surface area (Å²) in [5.74, 6) is 1.29. The minimum absolute atomic E-state index is 0.520. The summed E-state index contributed by atoms with van der Waals surface area (Å²) < 4.78 is 5.14. The Morgan fingerprint density at radius 3 is 2.75 bits per heavy atom. The molecule has 1 aromatic carbocycles. The average molecular weight is 235 g/mol. The van der Waals surface area contributed by atoms with Crippen LogP contribution in [0.15, 0.2) is 18.2 Å². The van der Waals surface area contributed by atoms with Crippen molar-refractivity contribution in [2.75, 3.05) is 7.11 Å². The maximum absolute atomic E-state index is 6.12. The van der Waals surface area contributed by atoms with E-state index in [1.54, 1.807) is 7.11 Å². The van der Waals surface area contributed by atoms with Gasteiger partial charge in [0.25, 0.3) is 0 Å². The lowest BCUT2D eigenvalue weighted by atomic mass is 10.2. The third-order valence-corrected chi connectivity index (χ3v) is 3.10. The second kappa shape index (κ2) is 3.59. The number of aromatic nitrogens is 2. The van der Waals surface area contributed by atoms with Crippen LogP contribution in [0.25, 0.3) is 11.0 Å². The molecular weight excluding hydrogens is 224 g/mol. The van der Waals surface area contributed by atoms with Crippen LogP contribution in [0.4, 0.5) is 0 Å². The van der Waals surface area contributed by atoms with Crippen LogP contribution in [0.2, 0.25) is 5.15 Å². The van der Waals surface area contributed by atoms with Crippen molar-refractivity contribution in [3.8, 4) is 5.75 Å². The normalized spacial score (nSPS) is 15.4. The molecule has 1 fully saturated rings. The molecule has 3 nitrogen and oxygen atoms in total. The molecule has 1 aliphatic rings. The van der Waals surface area contributed by atoms with Crippen LogP contribution in [0.1, 0.15) is 24.5 Å². The van der Waals surface area contributed by atoms with Crippen molar-refractivity contribution in [2.45, 2.75) is 18.8 Å². The maximum atomic E-state index is 6.12. The van der Waals surface area contributed by atoms with Gasteiger partial charge in [-0.25, -0.2) is 9.97 Å². The Labute approximate surface area is 98.4 Å². The SMILES string of the molecule is COc1ccc2nc(C3CC3)c(Cl)nc2c1.